The number of hydrogen-bond donors (Lipinski definition) is 0. The second-order valence-corrected chi connectivity index (χ2v) is 6.18. The summed E-state index contributed by atoms with van der Waals surface area (Å²) in [5, 5.41) is 0. The molecule has 4 heteroatoms. The lowest BCUT2D eigenvalue weighted by molar-refractivity contribution is 0.566. The number of rotatable bonds is 0. The third-order valence-electron chi connectivity index (χ3n) is 2.36. The van der Waals surface area contributed by atoms with Gasteiger partial charge in [-0.2, -0.15) is 0 Å². The lowest BCUT2D eigenvalue weighted by Gasteiger charge is -2.13. The molecular weight excluding hydrogens is 218 g/mol. The predicted molar refractivity (Wildman–Crippen MR) is 61.5 cm³/mol. The summed E-state index contributed by atoms with van der Waals surface area (Å²) in [6, 6.07) is 7.81. The van der Waals surface area contributed by atoms with Crippen LogP contribution in [0.2, 0.25) is 0 Å². The Morgan fingerprint density at radius 1 is 1.29 bits per heavy atom. The molecule has 1 heterocycles. The molecule has 0 fully saturated rings. The van der Waals surface area contributed by atoms with Gasteiger partial charge < -0.3 is 0 Å². The van der Waals surface area contributed by atoms with Crippen molar-refractivity contribution < 1.29 is 4.21 Å². The monoisotopic (exact) mass is 231 g/mol. The molecule has 2 rings (SSSR count). The zero-order valence-corrected chi connectivity index (χ0v) is 10.1. The normalized spacial score (nSPS) is 27.4. The minimum absolute atomic E-state index is 0. The van der Waals surface area contributed by atoms with Crippen LogP contribution in [0.25, 0.3) is 0 Å². The van der Waals surface area contributed by atoms with Gasteiger partial charge in [-0.3, -0.25) is 0 Å². The molecular formula is C10H14ClNOS. The summed E-state index contributed by atoms with van der Waals surface area (Å²) in [5.41, 5.74) is 0.810. The number of benzene rings is 1. The maximum Gasteiger partial charge on any atom is 0.0910 e. The van der Waals surface area contributed by atoms with E-state index < -0.39 is 9.73 Å². The van der Waals surface area contributed by atoms with Gasteiger partial charge in [0.2, 0.25) is 0 Å². The van der Waals surface area contributed by atoms with Gasteiger partial charge in [0, 0.05) is 6.26 Å². The molecule has 0 N–H and O–H groups in total. The van der Waals surface area contributed by atoms with E-state index in [9.17, 15) is 4.21 Å². The second kappa shape index (κ2) is 3.24. The molecule has 1 aromatic carbocycles. The first-order valence-electron chi connectivity index (χ1n) is 4.26. The molecule has 0 spiro atoms. The topological polar surface area (TPSA) is 29.4 Å². The van der Waals surface area contributed by atoms with E-state index in [0.29, 0.717) is 0 Å². The van der Waals surface area contributed by atoms with Crippen LogP contribution in [0, 0.1) is 0 Å². The summed E-state index contributed by atoms with van der Waals surface area (Å²) in [5.74, 6) is 0. The molecule has 1 atom stereocenters. The van der Waals surface area contributed by atoms with Crippen molar-refractivity contribution in [2.45, 2.75) is 24.3 Å². The van der Waals surface area contributed by atoms with E-state index in [0.717, 1.165) is 10.5 Å². The van der Waals surface area contributed by atoms with E-state index >= 15 is 0 Å². The summed E-state index contributed by atoms with van der Waals surface area (Å²) in [4.78, 5) is 0.903. The minimum Gasteiger partial charge on any atom is -0.245 e. The third-order valence-corrected chi connectivity index (χ3v) is 4.33. The average molecular weight is 232 g/mol. The van der Waals surface area contributed by atoms with Crippen molar-refractivity contribution in [3.05, 3.63) is 29.8 Å². The van der Waals surface area contributed by atoms with Gasteiger partial charge in [0.25, 0.3) is 0 Å². The molecule has 0 amide bonds. The fraction of sp³-hybridized carbons (Fsp3) is 0.400. The summed E-state index contributed by atoms with van der Waals surface area (Å²) >= 11 is 0. The first-order chi connectivity index (χ1) is 5.93. The molecule has 1 aliphatic heterocycles. The van der Waals surface area contributed by atoms with Gasteiger partial charge in [-0.15, -0.1) is 12.4 Å². The SMILES string of the molecule is CC1(C)N=S(C)(=O)c2ccccc21.Cl. The van der Waals surface area contributed by atoms with E-state index in [2.05, 4.69) is 4.36 Å². The van der Waals surface area contributed by atoms with Gasteiger partial charge in [-0.25, -0.2) is 8.57 Å². The van der Waals surface area contributed by atoms with E-state index in [1.165, 1.54) is 0 Å². The van der Waals surface area contributed by atoms with E-state index in [1.54, 1.807) is 6.26 Å². The molecule has 0 aliphatic carbocycles. The highest BCUT2D eigenvalue weighted by molar-refractivity contribution is 7.93. The van der Waals surface area contributed by atoms with Gasteiger partial charge in [-0.05, 0) is 25.5 Å². The molecule has 1 aliphatic rings. The van der Waals surface area contributed by atoms with Crippen LogP contribution in [0.4, 0.5) is 0 Å². The van der Waals surface area contributed by atoms with Gasteiger partial charge in [-0.1, -0.05) is 18.2 Å². The van der Waals surface area contributed by atoms with Crippen LogP contribution >= 0.6 is 12.4 Å². The van der Waals surface area contributed by atoms with Crippen LogP contribution in [0.15, 0.2) is 33.5 Å². The lowest BCUT2D eigenvalue weighted by Crippen LogP contribution is -2.09. The van der Waals surface area contributed by atoms with Crippen LogP contribution < -0.4 is 0 Å². The Labute approximate surface area is 91.3 Å². The highest BCUT2D eigenvalue weighted by Gasteiger charge is 2.32. The molecule has 14 heavy (non-hydrogen) atoms. The van der Waals surface area contributed by atoms with Crippen molar-refractivity contribution in [3.63, 3.8) is 0 Å². The Balaban J connectivity index is 0.000000980. The van der Waals surface area contributed by atoms with E-state index in [1.807, 2.05) is 38.1 Å². The number of hydrogen-bond acceptors (Lipinski definition) is 2. The molecule has 0 aromatic heterocycles. The largest absolute Gasteiger partial charge is 0.245 e. The lowest BCUT2D eigenvalue weighted by atomic mass is 9.96. The zero-order chi connectivity index (χ0) is 9.69. The van der Waals surface area contributed by atoms with Crippen LogP contribution in [0.3, 0.4) is 0 Å². The molecule has 0 bridgehead atoms. The molecule has 0 saturated heterocycles. The van der Waals surface area contributed by atoms with Gasteiger partial charge in [0.15, 0.2) is 0 Å². The number of nitrogens with zero attached hydrogens (tertiary/aromatic N) is 1. The molecule has 1 aromatic rings. The second-order valence-electron chi connectivity index (χ2n) is 3.95. The van der Waals surface area contributed by atoms with Crippen molar-refractivity contribution in [2.75, 3.05) is 6.26 Å². The van der Waals surface area contributed by atoms with Crippen molar-refractivity contribution in [3.8, 4) is 0 Å². The first kappa shape index (κ1) is 11.5. The Kier molecular flexibility index (Phi) is 2.67. The standard InChI is InChI=1S/C10H13NOS.ClH/c1-10(2)8-6-4-5-7-9(8)13(3,12)11-10;/h4-7H,1-3H3;1H. The summed E-state index contributed by atoms with van der Waals surface area (Å²) in [6.45, 7) is 4.00. The van der Waals surface area contributed by atoms with E-state index in [-0.39, 0.29) is 17.9 Å². The fourth-order valence-electron chi connectivity index (χ4n) is 1.84. The summed E-state index contributed by atoms with van der Waals surface area (Å²) in [6.07, 6.45) is 1.71. The smallest absolute Gasteiger partial charge is 0.0910 e. The van der Waals surface area contributed by atoms with Gasteiger partial charge in [0.1, 0.15) is 0 Å². The average Bonchev–Trinajstić information content (AvgIpc) is 2.20. The van der Waals surface area contributed by atoms with E-state index in [4.69, 9.17) is 0 Å². The Hall–Kier alpha value is -0.540. The maximum atomic E-state index is 12.1. The zero-order valence-electron chi connectivity index (χ0n) is 8.48. The van der Waals surface area contributed by atoms with Gasteiger partial charge in [0.05, 0.1) is 20.2 Å². The highest BCUT2D eigenvalue weighted by atomic mass is 35.5. The van der Waals surface area contributed by atoms with Crippen LogP contribution in [0.1, 0.15) is 19.4 Å². The maximum absolute atomic E-state index is 12.1. The fourth-order valence-corrected chi connectivity index (χ4v) is 3.96. The number of halogens is 1. The Morgan fingerprint density at radius 2 is 1.86 bits per heavy atom. The van der Waals surface area contributed by atoms with Crippen molar-refractivity contribution in [1.82, 2.24) is 0 Å². The summed E-state index contributed by atoms with van der Waals surface area (Å²) in [7, 11) is -2.14. The van der Waals surface area contributed by atoms with Crippen molar-refractivity contribution in [2.24, 2.45) is 4.36 Å². The van der Waals surface area contributed by atoms with Crippen molar-refractivity contribution >= 4 is 22.1 Å². The molecule has 78 valence electrons. The minimum atomic E-state index is -2.14. The molecule has 0 saturated carbocycles. The molecule has 1 unspecified atom stereocenters. The quantitative estimate of drug-likeness (QED) is 0.675. The Bertz CT molecular complexity index is 473. The Morgan fingerprint density at radius 3 is 2.43 bits per heavy atom. The molecule has 0 radical (unpaired) electrons. The molecule has 2 nitrogen and oxygen atoms in total. The van der Waals surface area contributed by atoms with Crippen LogP contribution in [-0.4, -0.2) is 10.5 Å². The van der Waals surface area contributed by atoms with Crippen molar-refractivity contribution in [1.29, 1.82) is 0 Å². The van der Waals surface area contributed by atoms with Crippen LogP contribution in [-0.2, 0) is 15.3 Å². The van der Waals surface area contributed by atoms with Gasteiger partial charge >= 0.3 is 0 Å². The summed E-state index contributed by atoms with van der Waals surface area (Å²) < 4.78 is 16.4. The third kappa shape index (κ3) is 1.55. The highest BCUT2D eigenvalue weighted by Crippen LogP contribution is 2.38. The number of fused-ring (bicyclic) bond motifs is 1. The first-order valence-corrected chi connectivity index (χ1v) is 6.19. The predicted octanol–water partition coefficient (Wildman–Crippen LogP) is 2.81. The van der Waals surface area contributed by atoms with Crippen LogP contribution in [0.5, 0.6) is 0 Å².